The Hall–Kier alpha value is 0.240. The van der Waals surface area contributed by atoms with E-state index in [1.807, 2.05) is 18.2 Å². The number of hydrogen-bond acceptors (Lipinski definition) is 1. The zero-order valence-electron chi connectivity index (χ0n) is 5.77. The van der Waals surface area contributed by atoms with Crippen LogP contribution in [0.3, 0.4) is 0 Å². The molecule has 0 aliphatic rings. The number of fused-ring (bicyclic) bond motifs is 1. The number of thiophene rings is 1. The lowest BCUT2D eigenvalue weighted by Crippen LogP contribution is -1.66. The molecule has 0 radical (unpaired) electrons. The van der Waals surface area contributed by atoms with E-state index in [2.05, 4.69) is 15.9 Å². The maximum Gasteiger partial charge on any atom is 0.0712 e. The molecule has 0 amide bonds. The summed E-state index contributed by atoms with van der Waals surface area (Å²) in [6.45, 7) is 0. The van der Waals surface area contributed by atoms with Crippen molar-refractivity contribution in [2.75, 3.05) is 0 Å². The highest BCUT2D eigenvalue weighted by Gasteiger charge is 2.06. The van der Waals surface area contributed by atoms with E-state index in [9.17, 15) is 0 Å². The molecule has 4 heteroatoms. The summed E-state index contributed by atoms with van der Waals surface area (Å²) in [6, 6.07) is 5.61. The number of halogens is 3. The van der Waals surface area contributed by atoms with Crippen molar-refractivity contribution < 1.29 is 0 Å². The molecule has 0 N–H and O–H groups in total. The predicted octanol–water partition coefficient (Wildman–Crippen LogP) is 4.97. The van der Waals surface area contributed by atoms with Crippen molar-refractivity contribution in [2.24, 2.45) is 0 Å². The molecule has 1 aromatic heterocycles. The van der Waals surface area contributed by atoms with E-state index in [0.717, 1.165) is 23.9 Å². The Kier molecular flexibility index (Phi) is 2.34. The molecule has 0 nitrogen and oxygen atoms in total. The van der Waals surface area contributed by atoms with Crippen LogP contribution in [0, 0.1) is 0 Å². The molecule has 12 heavy (non-hydrogen) atoms. The van der Waals surface area contributed by atoms with Gasteiger partial charge < -0.3 is 0 Å². The van der Waals surface area contributed by atoms with Gasteiger partial charge in [0, 0.05) is 10.4 Å². The van der Waals surface area contributed by atoms with Crippen molar-refractivity contribution in [1.29, 1.82) is 0 Å². The van der Waals surface area contributed by atoms with Gasteiger partial charge in [-0.1, -0.05) is 23.2 Å². The Balaban J connectivity index is 2.93. The van der Waals surface area contributed by atoms with E-state index in [1.54, 1.807) is 11.3 Å². The van der Waals surface area contributed by atoms with Crippen LogP contribution in [0.2, 0.25) is 10.0 Å². The molecule has 0 atom stereocenters. The molecule has 1 heterocycles. The summed E-state index contributed by atoms with van der Waals surface area (Å²) in [5.74, 6) is 0. The van der Waals surface area contributed by atoms with Crippen LogP contribution >= 0.6 is 50.5 Å². The minimum atomic E-state index is 0.747. The van der Waals surface area contributed by atoms with Crippen LogP contribution in [0.25, 0.3) is 10.1 Å². The van der Waals surface area contributed by atoms with Gasteiger partial charge in [-0.15, -0.1) is 11.3 Å². The minimum absolute atomic E-state index is 0.747. The Morgan fingerprint density at radius 2 is 1.83 bits per heavy atom. The van der Waals surface area contributed by atoms with E-state index >= 15 is 0 Å². The van der Waals surface area contributed by atoms with Crippen LogP contribution in [0.1, 0.15) is 0 Å². The van der Waals surface area contributed by atoms with Crippen LogP contribution in [-0.4, -0.2) is 0 Å². The van der Waals surface area contributed by atoms with Gasteiger partial charge >= 0.3 is 0 Å². The molecule has 0 aliphatic heterocycles. The monoisotopic (exact) mass is 280 g/mol. The topological polar surface area (TPSA) is 0 Å². The smallest absolute Gasteiger partial charge is 0.0712 e. The Morgan fingerprint density at radius 3 is 2.50 bits per heavy atom. The van der Waals surface area contributed by atoms with Crippen molar-refractivity contribution >= 4 is 60.6 Å². The van der Waals surface area contributed by atoms with Crippen LogP contribution in [0.15, 0.2) is 22.0 Å². The van der Waals surface area contributed by atoms with E-state index in [1.165, 1.54) is 0 Å². The summed E-state index contributed by atoms with van der Waals surface area (Å²) in [5, 5.41) is 2.52. The predicted molar refractivity (Wildman–Crippen MR) is 59.5 cm³/mol. The average molecular weight is 282 g/mol. The third-order valence-electron chi connectivity index (χ3n) is 1.55. The largest absolute Gasteiger partial charge is 0.127 e. The summed E-state index contributed by atoms with van der Waals surface area (Å²) >= 11 is 16.9. The fourth-order valence-corrected chi connectivity index (χ4v) is 3.11. The third-order valence-corrected chi connectivity index (χ3v) is 3.98. The van der Waals surface area contributed by atoms with Gasteiger partial charge in [0.2, 0.25) is 0 Å². The molecular weight excluding hydrogens is 279 g/mol. The fourth-order valence-electron chi connectivity index (χ4n) is 1.03. The molecule has 0 unspecified atom stereocenters. The zero-order chi connectivity index (χ0) is 8.72. The first-order valence-corrected chi connectivity index (χ1v) is 5.58. The maximum absolute atomic E-state index is 5.97. The van der Waals surface area contributed by atoms with Crippen LogP contribution < -0.4 is 0 Å². The Bertz CT molecular complexity index is 397. The number of hydrogen-bond donors (Lipinski definition) is 0. The summed E-state index contributed by atoms with van der Waals surface area (Å²) in [5.41, 5.74) is 0. The van der Waals surface area contributed by atoms with Crippen molar-refractivity contribution in [3.63, 3.8) is 0 Å². The molecule has 62 valence electrons. The lowest BCUT2D eigenvalue weighted by molar-refractivity contribution is 1.84. The summed E-state index contributed by atoms with van der Waals surface area (Å²) < 4.78 is 2.09. The molecule has 0 aliphatic carbocycles. The number of benzene rings is 1. The molecule has 2 rings (SSSR count). The minimum Gasteiger partial charge on any atom is -0.127 e. The van der Waals surface area contributed by atoms with E-state index in [4.69, 9.17) is 23.2 Å². The Morgan fingerprint density at radius 1 is 1.17 bits per heavy atom. The fraction of sp³-hybridized carbons (Fsp3) is 0. The summed E-state index contributed by atoms with van der Waals surface area (Å²) in [6.07, 6.45) is 0. The SMILES string of the molecule is Clc1ccc(Cl)c2sc(Br)cc12. The summed E-state index contributed by atoms with van der Waals surface area (Å²) in [4.78, 5) is 0. The van der Waals surface area contributed by atoms with Gasteiger partial charge in [-0.25, -0.2) is 0 Å². The van der Waals surface area contributed by atoms with Crippen LogP contribution in [0.5, 0.6) is 0 Å². The molecule has 0 spiro atoms. The first kappa shape index (κ1) is 8.82. The highest BCUT2D eigenvalue weighted by Crippen LogP contribution is 2.38. The van der Waals surface area contributed by atoms with E-state index < -0.39 is 0 Å². The second kappa shape index (κ2) is 3.18. The molecule has 0 saturated heterocycles. The van der Waals surface area contributed by atoms with E-state index in [0.29, 0.717) is 0 Å². The first-order chi connectivity index (χ1) is 5.68. The van der Waals surface area contributed by atoms with Gasteiger partial charge in [0.1, 0.15) is 0 Å². The van der Waals surface area contributed by atoms with Crippen molar-refractivity contribution in [3.8, 4) is 0 Å². The normalized spacial score (nSPS) is 10.9. The lowest BCUT2D eigenvalue weighted by atomic mass is 10.3. The quantitative estimate of drug-likeness (QED) is 0.639. The van der Waals surface area contributed by atoms with Crippen molar-refractivity contribution in [3.05, 3.63) is 32.0 Å². The van der Waals surface area contributed by atoms with Crippen molar-refractivity contribution in [2.45, 2.75) is 0 Å². The maximum atomic E-state index is 5.97. The zero-order valence-corrected chi connectivity index (χ0v) is 9.69. The third kappa shape index (κ3) is 1.37. The van der Waals surface area contributed by atoms with Crippen molar-refractivity contribution in [1.82, 2.24) is 0 Å². The Labute approximate surface area is 92.2 Å². The lowest BCUT2D eigenvalue weighted by Gasteiger charge is -1.94. The van der Waals surface area contributed by atoms with E-state index in [-0.39, 0.29) is 0 Å². The molecule has 0 saturated carbocycles. The van der Waals surface area contributed by atoms with Gasteiger partial charge in [-0.3, -0.25) is 0 Å². The van der Waals surface area contributed by atoms with Gasteiger partial charge in [-0.2, -0.15) is 0 Å². The van der Waals surface area contributed by atoms with Gasteiger partial charge in [0.05, 0.1) is 13.5 Å². The second-order valence-corrected chi connectivity index (χ2v) is 5.57. The van der Waals surface area contributed by atoms with Crippen LogP contribution in [-0.2, 0) is 0 Å². The standard InChI is InChI=1S/C8H3BrCl2S/c9-7-3-4-5(10)1-2-6(11)8(4)12-7/h1-3H. The molecular formula is C8H3BrCl2S. The molecule has 2 aromatic rings. The molecule has 1 aromatic carbocycles. The molecule has 0 bridgehead atoms. The first-order valence-electron chi connectivity index (χ1n) is 3.21. The van der Waals surface area contributed by atoms with Gasteiger partial charge in [0.15, 0.2) is 0 Å². The van der Waals surface area contributed by atoms with Crippen LogP contribution in [0.4, 0.5) is 0 Å². The summed E-state index contributed by atoms with van der Waals surface area (Å²) in [7, 11) is 0. The second-order valence-electron chi connectivity index (χ2n) is 2.32. The average Bonchev–Trinajstić information content (AvgIpc) is 2.41. The van der Waals surface area contributed by atoms with Gasteiger partial charge in [-0.05, 0) is 34.1 Å². The highest BCUT2D eigenvalue weighted by atomic mass is 79.9. The molecule has 0 fully saturated rings. The number of rotatable bonds is 0. The van der Waals surface area contributed by atoms with Gasteiger partial charge in [0.25, 0.3) is 0 Å². The highest BCUT2D eigenvalue weighted by molar-refractivity contribution is 9.11.